The zero-order valence-corrected chi connectivity index (χ0v) is 19.7. The maximum Gasteiger partial charge on any atom is 0.331 e. The molecule has 4 aliphatic heterocycles. The fourth-order valence-corrected chi connectivity index (χ4v) is 6.66. The smallest absolute Gasteiger partial charge is 0.331 e. The summed E-state index contributed by atoms with van der Waals surface area (Å²) >= 11 is 0. The van der Waals surface area contributed by atoms with Gasteiger partial charge in [-0.2, -0.15) is 0 Å². The van der Waals surface area contributed by atoms with Crippen molar-refractivity contribution < 1.29 is 24.1 Å². The Balaban J connectivity index is 1.19. The van der Waals surface area contributed by atoms with Crippen LogP contribution in [0.25, 0.3) is 6.08 Å². The predicted molar refractivity (Wildman–Crippen MR) is 126 cm³/mol. The molecule has 0 aliphatic carbocycles. The summed E-state index contributed by atoms with van der Waals surface area (Å²) in [7, 11) is 2.96. The topological polar surface area (TPSA) is 71.5 Å². The van der Waals surface area contributed by atoms with Gasteiger partial charge in [-0.05, 0) is 68.8 Å². The zero-order chi connectivity index (χ0) is 22.9. The van der Waals surface area contributed by atoms with Crippen molar-refractivity contribution in [1.29, 1.82) is 0 Å². The number of nitrogens with zero attached hydrogens (tertiary/aromatic N) is 2. The molecule has 7 nitrogen and oxygen atoms in total. The summed E-state index contributed by atoms with van der Waals surface area (Å²) in [5, 5.41) is 10.1. The minimum absolute atomic E-state index is 0.0248. The lowest BCUT2D eigenvalue weighted by molar-refractivity contribution is -0.149. The molecule has 4 fully saturated rings. The number of piperidine rings is 4. The second-order valence-corrected chi connectivity index (χ2v) is 9.98. The van der Waals surface area contributed by atoms with E-state index in [0.717, 1.165) is 25.4 Å². The third-order valence-corrected chi connectivity index (χ3v) is 8.15. The average Bonchev–Trinajstić information content (AvgIpc) is 2.83. The lowest BCUT2D eigenvalue weighted by atomic mass is 9.76. The summed E-state index contributed by atoms with van der Waals surface area (Å²) < 4.78 is 16.2. The number of benzene rings is 1. The van der Waals surface area contributed by atoms with Crippen LogP contribution in [0.4, 0.5) is 0 Å². The number of carbonyl (C=O) groups is 1. The van der Waals surface area contributed by atoms with Crippen molar-refractivity contribution in [2.75, 3.05) is 27.3 Å². The minimum Gasteiger partial charge on any atom is -0.502 e. The number of carbonyl (C=O) groups excluding carboxylic acids is 1. The summed E-state index contributed by atoms with van der Waals surface area (Å²) in [6.45, 7) is 2.30. The lowest BCUT2D eigenvalue weighted by Gasteiger charge is -2.58. The van der Waals surface area contributed by atoms with Crippen LogP contribution in [0.2, 0.25) is 0 Å². The summed E-state index contributed by atoms with van der Waals surface area (Å²) in [6.07, 6.45) is 12.9. The maximum absolute atomic E-state index is 12.6. The zero-order valence-electron chi connectivity index (χ0n) is 19.7. The van der Waals surface area contributed by atoms with Crippen molar-refractivity contribution >= 4 is 12.0 Å². The Morgan fingerprint density at radius 3 is 2.24 bits per heavy atom. The van der Waals surface area contributed by atoms with E-state index in [0.29, 0.717) is 35.2 Å². The SMILES string of the molecule is COc1cc(/C=C/C(=O)OC2CCN3[C@@H]4C[C@@H](C[C@@H]3C2)N2CCCC[C@@H]2C4)cc(OC)c1O. The van der Waals surface area contributed by atoms with Gasteiger partial charge in [-0.1, -0.05) is 6.42 Å². The van der Waals surface area contributed by atoms with Crippen LogP contribution in [0, 0.1) is 0 Å². The van der Waals surface area contributed by atoms with Gasteiger partial charge in [0.05, 0.1) is 14.2 Å². The number of hydrogen-bond acceptors (Lipinski definition) is 7. The molecule has 1 N–H and O–H groups in total. The summed E-state index contributed by atoms with van der Waals surface area (Å²) in [5.41, 5.74) is 0.699. The van der Waals surface area contributed by atoms with Crippen molar-refractivity contribution in [3.8, 4) is 17.2 Å². The first kappa shape index (κ1) is 22.5. The fourth-order valence-electron chi connectivity index (χ4n) is 6.66. The molecule has 5 rings (SSSR count). The summed E-state index contributed by atoms with van der Waals surface area (Å²) in [4.78, 5) is 18.1. The molecule has 0 amide bonds. The molecule has 33 heavy (non-hydrogen) atoms. The number of esters is 1. The number of phenolic OH excluding ortho intramolecular Hbond substituents is 1. The standard InChI is InChI=1S/C26H36N2O5/c1-31-23-11-17(12-24(32-2)26(23)30)6-7-25(29)33-22-8-10-28-19-13-18-5-3-4-9-27(18)20(14-19)15-21(28)16-22/h6-7,11-12,18-22,30H,3-5,8-10,13-16H2,1-2H3/b7-6+/t18-,19+,20+,21-,22?/m1/s1. The van der Waals surface area contributed by atoms with Gasteiger partial charge in [0.25, 0.3) is 0 Å². The van der Waals surface area contributed by atoms with E-state index < -0.39 is 0 Å². The van der Waals surface area contributed by atoms with Crippen LogP contribution in [-0.2, 0) is 9.53 Å². The van der Waals surface area contributed by atoms with Gasteiger partial charge < -0.3 is 19.3 Å². The predicted octanol–water partition coefficient (Wildman–Crippen LogP) is 3.59. The van der Waals surface area contributed by atoms with Gasteiger partial charge in [0.2, 0.25) is 5.75 Å². The summed E-state index contributed by atoms with van der Waals surface area (Å²) in [5.74, 6) is 0.216. The Morgan fingerprint density at radius 1 is 0.909 bits per heavy atom. The van der Waals surface area contributed by atoms with E-state index in [4.69, 9.17) is 14.2 Å². The van der Waals surface area contributed by atoms with E-state index in [1.54, 1.807) is 18.2 Å². The maximum atomic E-state index is 12.6. The number of phenols is 1. The molecule has 0 radical (unpaired) electrons. The highest BCUT2D eigenvalue weighted by molar-refractivity contribution is 5.87. The van der Waals surface area contributed by atoms with Crippen molar-refractivity contribution in [3.63, 3.8) is 0 Å². The molecular formula is C26H36N2O5. The molecule has 5 atom stereocenters. The Labute approximate surface area is 196 Å². The number of fused-ring (bicyclic) bond motifs is 6. The molecule has 0 aromatic heterocycles. The Bertz CT molecular complexity index is 878. The first-order valence-corrected chi connectivity index (χ1v) is 12.4. The van der Waals surface area contributed by atoms with Gasteiger partial charge in [0.15, 0.2) is 11.5 Å². The van der Waals surface area contributed by atoms with Gasteiger partial charge in [-0.15, -0.1) is 0 Å². The highest BCUT2D eigenvalue weighted by atomic mass is 16.5. The number of aromatic hydroxyl groups is 1. The minimum atomic E-state index is -0.327. The number of methoxy groups -OCH3 is 2. The van der Waals surface area contributed by atoms with E-state index in [9.17, 15) is 9.90 Å². The molecule has 1 unspecified atom stereocenters. The first-order valence-electron chi connectivity index (χ1n) is 12.4. The molecule has 7 heteroatoms. The van der Waals surface area contributed by atoms with E-state index in [-0.39, 0.29) is 17.8 Å². The van der Waals surface area contributed by atoms with Crippen LogP contribution >= 0.6 is 0 Å². The van der Waals surface area contributed by atoms with E-state index in [1.807, 2.05) is 0 Å². The van der Waals surface area contributed by atoms with Gasteiger partial charge in [0, 0.05) is 43.2 Å². The highest BCUT2D eigenvalue weighted by Gasteiger charge is 2.47. The third kappa shape index (κ3) is 4.58. The summed E-state index contributed by atoms with van der Waals surface area (Å²) in [6, 6.07) is 6.07. The molecular weight excluding hydrogens is 420 g/mol. The van der Waals surface area contributed by atoms with E-state index in [2.05, 4.69) is 9.80 Å². The number of ether oxygens (including phenoxy) is 3. The lowest BCUT2D eigenvalue weighted by Crippen LogP contribution is -2.65. The van der Waals surface area contributed by atoms with Crippen molar-refractivity contribution in [3.05, 3.63) is 23.8 Å². The second-order valence-electron chi connectivity index (χ2n) is 9.98. The monoisotopic (exact) mass is 456 g/mol. The van der Waals surface area contributed by atoms with Gasteiger partial charge >= 0.3 is 5.97 Å². The fraction of sp³-hybridized carbons (Fsp3) is 0.654. The molecule has 1 aromatic carbocycles. The Kier molecular flexibility index (Phi) is 6.52. The van der Waals surface area contributed by atoms with Gasteiger partial charge in [0.1, 0.15) is 6.10 Å². The van der Waals surface area contributed by atoms with Crippen LogP contribution < -0.4 is 9.47 Å². The number of hydrogen-bond donors (Lipinski definition) is 1. The van der Waals surface area contributed by atoms with E-state index in [1.165, 1.54) is 65.4 Å². The molecule has 4 saturated heterocycles. The molecule has 1 aromatic rings. The van der Waals surface area contributed by atoms with Gasteiger partial charge in [-0.25, -0.2) is 4.79 Å². The van der Waals surface area contributed by atoms with Crippen LogP contribution in [0.5, 0.6) is 17.2 Å². The number of rotatable bonds is 5. The third-order valence-electron chi connectivity index (χ3n) is 8.15. The molecule has 4 heterocycles. The van der Waals surface area contributed by atoms with Crippen LogP contribution in [0.15, 0.2) is 18.2 Å². The van der Waals surface area contributed by atoms with Crippen molar-refractivity contribution in [2.45, 2.75) is 81.6 Å². The normalized spacial score (nSPS) is 32.1. The highest BCUT2D eigenvalue weighted by Crippen LogP contribution is 2.42. The van der Waals surface area contributed by atoms with Crippen LogP contribution in [0.3, 0.4) is 0 Å². The largest absolute Gasteiger partial charge is 0.502 e. The molecule has 2 bridgehead atoms. The van der Waals surface area contributed by atoms with Crippen molar-refractivity contribution in [2.24, 2.45) is 0 Å². The van der Waals surface area contributed by atoms with Crippen LogP contribution in [-0.4, -0.2) is 78.5 Å². The quantitative estimate of drug-likeness (QED) is 0.536. The van der Waals surface area contributed by atoms with Crippen LogP contribution in [0.1, 0.15) is 56.9 Å². The molecule has 0 spiro atoms. The van der Waals surface area contributed by atoms with Crippen molar-refractivity contribution in [1.82, 2.24) is 9.80 Å². The average molecular weight is 457 g/mol. The molecule has 180 valence electrons. The van der Waals surface area contributed by atoms with Gasteiger partial charge in [-0.3, -0.25) is 9.80 Å². The second kappa shape index (κ2) is 9.55. The van der Waals surface area contributed by atoms with E-state index >= 15 is 0 Å². The first-order chi connectivity index (χ1) is 16.1. The molecule has 4 aliphatic rings. The Morgan fingerprint density at radius 2 is 1.55 bits per heavy atom. The molecule has 0 saturated carbocycles. The Hall–Kier alpha value is -2.25.